The van der Waals surface area contributed by atoms with Gasteiger partial charge in [-0.15, -0.1) is 0 Å². The highest BCUT2D eigenvalue weighted by molar-refractivity contribution is 5.98. The number of dihydropyridines is 1. The molecule has 1 aromatic rings. The molecule has 2 heterocycles. The molecule has 1 saturated heterocycles. The summed E-state index contributed by atoms with van der Waals surface area (Å²) in [5.41, 5.74) is 2.52. The molecule has 0 amide bonds. The van der Waals surface area contributed by atoms with Gasteiger partial charge in [-0.2, -0.15) is 0 Å². The highest BCUT2D eigenvalue weighted by Crippen LogP contribution is 2.35. The Morgan fingerprint density at radius 3 is 2.82 bits per heavy atom. The molecule has 3 unspecified atom stereocenters. The number of nitrogens with zero attached hydrogens (tertiary/aromatic N) is 1. The molecule has 1 aliphatic carbocycles. The van der Waals surface area contributed by atoms with E-state index in [1.807, 2.05) is 6.07 Å². The summed E-state index contributed by atoms with van der Waals surface area (Å²) in [5.74, 6) is 1.16. The van der Waals surface area contributed by atoms with Crippen molar-refractivity contribution in [3.63, 3.8) is 0 Å². The highest BCUT2D eigenvalue weighted by atomic mass is 16.5. The van der Waals surface area contributed by atoms with Crippen LogP contribution >= 0.6 is 0 Å². The van der Waals surface area contributed by atoms with Crippen LogP contribution in [0.4, 0.5) is 0 Å². The van der Waals surface area contributed by atoms with Gasteiger partial charge in [0, 0.05) is 18.2 Å². The third-order valence-corrected chi connectivity index (χ3v) is 5.23. The second-order valence-electron chi connectivity index (χ2n) is 6.66. The number of hydrogen-bond acceptors (Lipinski definition) is 3. The summed E-state index contributed by atoms with van der Waals surface area (Å²) in [6.07, 6.45) is 8.59. The largest absolute Gasteiger partial charge is 0.372 e. The average molecular weight is 296 g/mol. The first kappa shape index (κ1) is 14.2. The molecular formula is C19H24N2O. The molecule has 1 saturated carbocycles. The first-order valence-electron chi connectivity index (χ1n) is 8.52. The summed E-state index contributed by atoms with van der Waals surface area (Å²) < 4.78 is 6.24. The standard InChI is InChI=1S/C19H24N2O/c1-2-4-14(5-3-1)13-22-19-12-20-11-10-16(19)18-9-7-15-6-8-17(15)21-18/h1-5,7,9,15-17,19-20H,6,8,10-13H2/t15?,16?,17?,19-/m1/s1. The van der Waals surface area contributed by atoms with E-state index in [-0.39, 0.29) is 6.10 Å². The van der Waals surface area contributed by atoms with Gasteiger partial charge in [0.2, 0.25) is 0 Å². The smallest absolute Gasteiger partial charge is 0.0787 e. The van der Waals surface area contributed by atoms with Crippen LogP contribution in [0.2, 0.25) is 0 Å². The Balaban J connectivity index is 1.43. The monoisotopic (exact) mass is 296 g/mol. The van der Waals surface area contributed by atoms with Gasteiger partial charge in [-0.05, 0) is 43.4 Å². The van der Waals surface area contributed by atoms with Gasteiger partial charge in [-0.3, -0.25) is 4.99 Å². The Hall–Kier alpha value is -1.45. The summed E-state index contributed by atoms with van der Waals surface area (Å²) in [6, 6.07) is 11.0. The zero-order valence-electron chi connectivity index (χ0n) is 12.9. The van der Waals surface area contributed by atoms with Crippen molar-refractivity contribution in [2.75, 3.05) is 13.1 Å². The van der Waals surface area contributed by atoms with E-state index in [0.717, 1.165) is 19.5 Å². The van der Waals surface area contributed by atoms with Crippen LogP contribution in [0.5, 0.6) is 0 Å². The molecule has 2 fully saturated rings. The van der Waals surface area contributed by atoms with Crippen LogP contribution in [0.1, 0.15) is 24.8 Å². The third kappa shape index (κ3) is 2.88. The molecule has 3 aliphatic rings. The van der Waals surface area contributed by atoms with Crippen LogP contribution in [-0.2, 0) is 11.3 Å². The van der Waals surface area contributed by atoms with Crippen LogP contribution in [0, 0.1) is 11.8 Å². The number of fused-ring (bicyclic) bond motifs is 1. The molecule has 0 spiro atoms. The lowest BCUT2D eigenvalue weighted by molar-refractivity contribution is 0.00700. The van der Waals surface area contributed by atoms with E-state index in [1.54, 1.807) is 0 Å². The molecule has 1 aromatic carbocycles. The molecule has 0 aromatic heterocycles. The molecule has 3 nitrogen and oxygen atoms in total. The van der Waals surface area contributed by atoms with Crippen molar-refractivity contribution >= 4 is 5.71 Å². The zero-order valence-corrected chi connectivity index (χ0v) is 12.9. The van der Waals surface area contributed by atoms with Gasteiger partial charge < -0.3 is 10.1 Å². The summed E-state index contributed by atoms with van der Waals surface area (Å²) in [4.78, 5) is 5.00. The van der Waals surface area contributed by atoms with Crippen molar-refractivity contribution in [3.8, 4) is 0 Å². The van der Waals surface area contributed by atoms with Gasteiger partial charge >= 0.3 is 0 Å². The van der Waals surface area contributed by atoms with E-state index in [4.69, 9.17) is 9.73 Å². The van der Waals surface area contributed by atoms with Gasteiger partial charge in [0.05, 0.1) is 18.8 Å². The van der Waals surface area contributed by atoms with Crippen molar-refractivity contribution in [3.05, 3.63) is 48.0 Å². The molecular weight excluding hydrogens is 272 g/mol. The first-order valence-corrected chi connectivity index (χ1v) is 8.52. The minimum atomic E-state index is 0.231. The van der Waals surface area contributed by atoms with E-state index in [2.05, 4.69) is 41.7 Å². The van der Waals surface area contributed by atoms with E-state index >= 15 is 0 Å². The Kier molecular flexibility index (Phi) is 4.09. The van der Waals surface area contributed by atoms with Crippen LogP contribution in [0.25, 0.3) is 0 Å². The fraction of sp³-hybridized carbons (Fsp3) is 0.526. The molecule has 4 rings (SSSR count). The summed E-state index contributed by atoms with van der Waals surface area (Å²) in [5, 5.41) is 3.47. The van der Waals surface area contributed by atoms with Gasteiger partial charge in [0.15, 0.2) is 0 Å². The van der Waals surface area contributed by atoms with Crippen molar-refractivity contribution in [2.45, 2.75) is 38.0 Å². The number of rotatable bonds is 4. The fourth-order valence-electron chi connectivity index (χ4n) is 3.69. The van der Waals surface area contributed by atoms with Gasteiger partial charge in [-0.25, -0.2) is 0 Å². The van der Waals surface area contributed by atoms with Crippen molar-refractivity contribution < 1.29 is 4.74 Å². The number of allylic oxidation sites excluding steroid dienone is 1. The van der Waals surface area contributed by atoms with E-state index in [9.17, 15) is 0 Å². The zero-order chi connectivity index (χ0) is 14.8. The Morgan fingerprint density at radius 2 is 2.05 bits per heavy atom. The normalized spacial score (nSPS) is 33.7. The van der Waals surface area contributed by atoms with Gasteiger partial charge in [0.1, 0.15) is 0 Å². The van der Waals surface area contributed by atoms with Crippen molar-refractivity contribution in [2.24, 2.45) is 16.8 Å². The number of piperidine rings is 1. The SMILES string of the molecule is C1=CC2CCC2N=C1C1CCNC[C@H]1OCc1ccccc1. The maximum absolute atomic E-state index is 6.24. The number of ether oxygens (including phenoxy) is 1. The first-order chi connectivity index (χ1) is 10.9. The quantitative estimate of drug-likeness (QED) is 0.927. The average Bonchev–Trinajstić information content (AvgIpc) is 2.56. The molecule has 1 N–H and O–H groups in total. The maximum atomic E-state index is 6.24. The molecule has 116 valence electrons. The second kappa shape index (κ2) is 6.35. The maximum Gasteiger partial charge on any atom is 0.0787 e. The lowest BCUT2D eigenvalue weighted by Gasteiger charge is -2.38. The highest BCUT2D eigenvalue weighted by Gasteiger charge is 2.35. The molecule has 22 heavy (non-hydrogen) atoms. The van der Waals surface area contributed by atoms with Crippen LogP contribution in [-0.4, -0.2) is 30.9 Å². The number of nitrogens with one attached hydrogen (secondary N) is 1. The molecule has 2 aliphatic heterocycles. The predicted octanol–water partition coefficient (Wildman–Crippen LogP) is 2.97. The molecule has 3 heteroatoms. The van der Waals surface area contributed by atoms with Crippen LogP contribution in [0.15, 0.2) is 47.5 Å². The number of hydrogen-bond donors (Lipinski definition) is 1. The molecule has 0 radical (unpaired) electrons. The van der Waals surface area contributed by atoms with Crippen LogP contribution < -0.4 is 5.32 Å². The Morgan fingerprint density at radius 1 is 1.14 bits per heavy atom. The van der Waals surface area contributed by atoms with Gasteiger partial charge in [-0.1, -0.05) is 36.4 Å². The van der Waals surface area contributed by atoms with Crippen molar-refractivity contribution in [1.82, 2.24) is 5.32 Å². The minimum absolute atomic E-state index is 0.231. The summed E-state index contributed by atoms with van der Waals surface area (Å²) in [6.45, 7) is 2.68. The molecule has 0 bridgehead atoms. The van der Waals surface area contributed by atoms with Crippen molar-refractivity contribution in [1.29, 1.82) is 0 Å². The second-order valence-corrected chi connectivity index (χ2v) is 6.66. The Bertz CT molecular complexity index is 566. The van der Waals surface area contributed by atoms with Crippen LogP contribution in [0.3, 0.4) is 0 Å². The van der Waals surface area contributed by atoms with E-state index in [1.165, 1.54) is 24.1 Å². The Labute approximate surface area is 132 Å². The van der Waals surface area contributed by atoms with E-state index in [0.29, 0.717) is 24.5 Å². The lowest BCUT2D eigenvalue weighted by atomic mass is 9.76. The van der Waals surface area contributed by atoms with Gasteiger partial charge in [0.25, 0.3) is 0 Å². The predicted molar refractivity (Wildman–Crippen MR) is 89.1 cm³/mol. The number of aliphatic imine (C=N–C) groups is 1. The topological polar surface area (TPSA) is 33.6 Å². The van der Waals surface area contributed by atoms with E-state index < -0.39 is 0 Å². The summed E-state index contributed by atoms with van der Waals surface area (Å²) in [7, 11) is 0. The lowest BCUT2D eigenvalue weighted by Crippen LogP contribution is -2.46. The fourth-order valence-corrected chi connectivity index (χ4v) is 3.69. The third-order valence-electron chi connectivity index (χ3n) is 5.23. The summed E-state index contributed by atoms with van der Waals surface area (Å²) >= 11 is 0. The minimum Gasteiger partial charge on any atom is -0.372 e. The number of benzene rings is 1. The molecule has 4 atom stereocenters.